The molecule has 3 rings (SSSR count). The first-order chi connectivity index (χ1) is 11.6. The second kappa shape index (κ2) is 8.50. The topological polar surface area (TPSA) is 76.4 Å². The molecule has 25 heavy (non-hydrogen) atoms. The molecular formula is C17H25IN6O. The number of nitrogens with one attached hydrogen (secondary N) is 2. The van der Waals surface area contributed by atoms with Crippen LogP contribution in [0, 0.1) is 0 Å². The Hall–Kier alpha value is -1.84. The molecule has 1 aliphatic heterocycles. The predicted molar refractivity (Wildman–Crippen MR) is 108 cm³/mol. The van der Waals surface area contributed by atoms with Crippen LogP contribution >= 0.6 is 24.0 Å². The molecule has 2 N–H and O–H groups in total. The Morgan fingerprint density at radius 3 is 2.92 bits per heavy atom. The van der Waals surface area contributed by atoms with Gasteiger partial charge in [-0.05, 0) is 19.9 Å². The average molecular weight is 456 g/mol. The third-order valence-corrected chi connectivity index (χ3v) is 4.01. The third-order valence-electron chi connectivity index (χ3n) is 4.01. The zero-order valence-corrected chi connectivity index (χ0v) is 17.1. The number of hydrogen-bond donors (Lipinski definition) is 2. The molecule has 0 aliphatic carbocycles. The fourth-order valence-electron chi connectivity index (χ4n) is 2.93. The molecule has 2 aromatic rings. The monoisotopic (exact) mass is 456 g/mol. The first-order valence-electron chi connectivity index (χ1n) is 8.15. The van der Waals surface area contributed by atoms with Crippen molar-refractivity contribution < 1.29 is 4.74 Å². The number of aliphatic imine (C=N–C) groups is 1. The van der Waals surface area contributed by atoms with Crippen molar-refractivity contribution in [3.8, 4) is 5.75 Å². The Labute approximate surface area is 165 Å². The van der Waals surface area contributed by atoms with Gasteiger partial charge in [0, 0.05) is 25.6 Å². The van der Waals surface area contributed by atoms with Gasteiger partial charge in [0.05, 0.1) is 12.6 Å². The van der Waals surface area contributed by atoms with Gasteiger partial charge >= 0.3 is 0 Å². The quantitative estimate of drug-likeness (QED) is 0.420. The van der Waals surface area contributed by atoms with E-state index in [2.05, 4.69) is 45.6 Å². The van der Waals surface area contributed by atoms with E-state index in [0.717, 1.165) is 36.8 Å². The summed E-state index contributed by atoms with van der Waals surface area (Å²) < 4.78 is 7.86. The SMILES string of the molecule is CN=C(NCCn1cncn1)NC1CC(C)(C)Oc2ccccc21.I. The van der Waals surface area contributed by atoms with Gasteiger partial charge in [0.25, 0.3) is 0 Å². The van der Waals surface area contributed by atoms with E-state index in [1.807, 2.05) is 18.2 Å². The number of ether oxygens (including phenoxy) is 1. The summed E-state index contributed by atoms with van der Waals surface area (Å²) in [6, 6.07) is 8.32. The molecule has 0 fully saturated rings. The normalized spacial score (nSPS) is 18.5. The highest BCUT2D eigenvalue weighted by molar-refractivity contribution is 14.0. The van der Waals surface area contributed by atoms with E-state index < -0.39 is 0 Å². The molecule has 0 saturated carbocycles. The lowest BCUT2D eigenvalue weighted by Crippen LogP contribution is -2.45. The molecule has 1 aromatic heterocycles. The summed E-state index contributed by atoms with van der Waals surface area (Å²) in [5, 5.41) is 10.9. The van der Waals surface area contributed by atoms with Crippen LogP contribution in [0.1, 0.15) is 31.9 Å². The number of nitrogens with zero attached hydrogens (tertiary/aromatic N) is 4. The van der Waals surface area contributed by atoms with Crippen molar-refractivity contribution in [1.82, 2.24) is 25.4 Å². The molecule has 0 saturated heterocycles. The number of para-hydroxylation sites is 1. The summed E-state index contributed by atoms with van der Waals surface area (Å²) in [7, 11) is 1.78. The fourth-order valence-corrected chi connectivity index (χ4v) is 2.93. The standard InChI is InChI=1S/C17H24N6O.HI/c1-17(2)10-14(13-6-4-5-7-15(13)24-17)22-16(18-3)20-8-9-23-12-19-11-21-23;/h4-7,11-12,14H,8-10H2,1-3H3,(H2,18,20,22);1H. The highest BCUT2D eigenvalue weighted by atomic mass is 127. The Morgan fingerprint density at radius 2 is 2.20 bits per heavy atom. The zero-order chi connectivity index (χ0) is 17.0. The van der Waals surface area contributed by atoms with Gasteiger partial charge in [0.15, 0.2) is 5.96 Å². The van der Waals surface area contributed by atoms with Gasteiger partial charge in [-0.25, -0.2) is 4.98 Å². The van der Waals surface area contributed by atoms with Crippen molar-refractivity contribution in [3.63, 3.8) is 0 Å². The van der Waals surface area contributed by atoms with Gasteiger partial charge in [0.1, 0.15) is 24.0 Å². The van der Waals surface area contributed by atoms with Crippen LogP contribution in [0.2, 0.25) is 0 Å². The molecule has 0 spiro atoms. The highest BCUT2D eigenvalue weighted by Gasteiger charge is 2.33. The fraction of sp³-hybridized carbons (Fsp3) is 0.471. The Balaban J connectivity index is 0.00000225. The van der Waals surface area contributed by atoms with E-state index in [9.17, 15) is 0 Å². The maximum atomic E-state index is 6.08. The largest absolute Gasteiger partial charge is 0.487 e. The van der Waals surface area contributed by atoms with E-state index in [1.54, 1.807) is 18.1 Å². The van der Waals surface area contributed by atoms with Crippen molar-refractivity contribution >= 4 is 29.9 Å². The molecule has 0 bridgehead atoms. The second-order valence-corrected chi connectivity index (χ2v) is 6.46. The average Bonchev–Trinajstić information content (AvgIpc) is 3.06. The number of fused-ring (bicyclic) bond motifs is 1. The molecule has 8 heteroatoms. The van der Waals surface area contributed by atoms with Crippen LogP contribution in [0.4, 0.5) is 0 Å². The Morgan fingerprint density at radius 1 is 1.40 bits per heavy atom. The molecule has 0 amide bonds. The predicted octanol–water partition coefficient (Wildman–Crippen LogP) is 2.36. The second-order valence-electron chi connectivity index (χ2n) is 6.46. The first kappa shape index (κ1) is 19.5. The number of halogens is 1. The Kier molecular flexibility index (Phi) is 6.63. The lowest BCUT2D eigenvalue weighted by molar-refractivity contribution is 0.0694. The molecule has 0 radical (unpaired) electrons. The number of guanidine groups is 1. The van der Waals surface area contributed by atoms with E-state index in [1.165, 1.54) is 6.33 Å². The van der Waals surface area contributed by atoms with Gasteiger partial charge in [-0.2, -0.15) is 5.10 Å². The van der Waals surface area contributed by atoms with Crippen LogP contribution in [-0.2, 0) is 6.54 Å². The molecule has 136 valence electrons. The van der Waals surface area contributed by atoms with Crippen LogP contribution in [0.15, 0.2) is 41.9 Å². The van der Waals surface area contributed by atoms with Crippen LogP contribution in [-0.4, -0.2) is 39.9 Å². The molecule has 1 unspecified atom stereocenters. The lowest BCUT2D eigenvalue weighted by atomic mass is 9.90. The summed E-state index contributed by atoms with van der Waals surface area (Å²) in [5.74, 6) is 1.71. The number of aromatic nitrogens is 3. The van der Waals surface area contributed by atoms with Gasteiger partial charge in [0.2, 0.25) is 0 Å². The van der Waals surface area contributed by atoms with Crippen LogP contribution in [0.25, 0.3) is 0 Å². The minimum atomic E-state index is -0.217. The molecule has 1 aromatic carbocycles. The molecule has 2 heterocycles. The maximum absolute atomic E-state index is 6.08. The number of benzene rings is 1. The van der Waals surface area contributed by atoms with Crippen molar-refractivity contribution in [2.75, 3.05) is 13.6 Å². The van der Waals surface area contributed by atoms with Crippen molar-refractivity contribution in [1.29, 1.82) is 0 Å². The summed E-state index contributed by atoms with van der Waals surface area (Å²) >= 11 is 0. The van der Waals surface area contributed by atoms with Crippen LogP contribution in [0.3, 0.4) is 0 Å². The summed E-state index contributed by atoms with van der Waals surface area (Å²) in [5.41, 5.74) is 0.946. The van der Waals surface area contributed by atoms with E-state index in [0.29, 0.717) is 0 Å². The van der Waals surface area contributed by atoms with E-state index >= 15 is 0 Å². The molecule has 7 nitrogen and oxygen atoms in total. The van der Waals surface area contributed by atoms with Crippen LogP contribution in [0.5, 0.6) is 5.75 Å². The maximum Gasteiger partial charge on any atom is 0.191 e. The van der Waals surface area contributed by atoms with Gasteiger partial charge < -0.3 is 15.4 Å². The molecule has 1 aliphatic rings. The minimum Gasteiger partial charge on any atom is -0.487 e. The molecule has 1 atom stereocenters. The molecular weight excluding hydrogens is 431 g/mol. The lowest BCUT2D eigenvalue weighted by Gasteiger charge is -2.38. The summed E-state index contributed by atoms with van der Waals surface area (Å²) in [6.45, 7) is 5.67. The number of rotatable bonds is 4. The van der Waals surface area contributed by atoms with Gasteiger partial charge in [-0.15, -0.1) is 24.0 Å². The zero-order valence-electron chi connectivity index (χ0n) is 14.8. The van der Waals surface area contributed by atoms with Crippen molar-refractivity contribution in [2.45, 2.75) is 38.5 Å². The van der Waals surface area contributed by atoms with E-state index in [-0.39, 0.29) is 35.6 Å². The third kappa shape index (κ3) is 5.07. The first-order valence-corrected chi connectivity index (χ1v) is 8.15. The van der Waals surface area contributed by atoms with Crippen molar-refractivity contribution in [2.24, 2.45) is 4.99 Å². The van der Waals surface area contributed by atoms with E-state index in [4.69, 9.17) is 4.74 Å². The summed E-state index contributed by atoms with van der Waals surface area (Å²) in [4.78, 5) is 8.27. The van der Waals surface area contributed by atoms with Crippen molar-refractivity contribution in [3.05, 3.63) is 42.5 Å². The highest BCUT2D eigenvalue weighted by Crippen LogP contribution is 2.39. The minimum absolute atomic E-state index is 0. The number of hydrogen-bond acceptors (Lipinski definition) is 4. The van der Waals surface area contributed by atoms with Gasteiger partial charge in [-0.3, -0.25) is 9.67 Å². The summed E-state index contributed by atoms with van der Waals surface area (Å²) in [6.07, 6.45) is 4.11. The smallest absolute Gasteiger partial charge is 0.191 e. The van der Waals surface area contributed by atoms with Gasteiger partial charge in [-0.1, -0.05) is 18.2 Å². The Bertz CT molecular complexity index is 701. The van der Waals surface area contributed by atoms with Crippen LogP contribution < -0.4 is 15.4 Å².